The first-order valence-corrected chi connectivity index (χ1v) is 7.61. The monoisotopic (exact) mass is 339 g/mol. The van der Waals surface area contributed by atoms with Gasteiger partial charge in [0.1, 0.15) is 0 Å². The summed E-state index contributed by atoms with van der Waals surface area (Å²) in [5, 5.41) is 2.82. The molecule has 1 aliphatic heterocycles. The van der Waals surface area contributed by atoms with Crippen LogP contribution in [0, 0.1) is 0 Å². The molecule has 5 heteroatoms. The number of hydrogen-bond donors (Lipinski definition) is 1. The molecule has 0 bridgehead atoms. The second-order valence-corrected chi connectivity index (χ2v) is 5.78. The van der Waals surface area contributed by atoms with Crippen molar-refractivity contribution in [3.05, 3.63) is 34.3 Å². The number of carbonyl (C=O) groups is 2. The second kappa shape index (κ2) is 7.55. The van der Waals surface area contributed by atoms with E-state index >= 15 is 0 Å². The lowest BCUT2D eigenvalue weighted by molar-refractivity contribution is -0.121. The molecule has 0 radical (unpaired) electrons. The second-order valence-electron chi connectivity index (χ2n) is 4.87. The summed E-state index contributed by atoms with van der Waals surface area (Å²) in [5.41, 5.74) is 0.639. The first-order chi connectivity index (χ1) is 9.65. The Morgan fingerprint density at radius 3 is 2.65 bits per heavy atom. The summed E-state index contributed by atoms with van der Waals surface area (Å²) in [7, 11) is 0. The van der Waals surface area contributed by atoms with Gasteiger partial charge in [0.15, 0.2) is 5.78 Å². The molecule has 4 nitrogen and oxygen atoms in total. The number of halogens is 1. The molecule has 1 aromatic carbocycles. The topological polar surface area (TPSA) is 55.4 Å². The van der Waals surface area contributed by atoms with Crippen LogP contribution in [0.1, 0.15) is 36.0 Å². The quantitative estimate of drug-likeness (QED) is 0.810. The van der Waals surface area contributed by atoms with Crippen molar-refractivity contribution in [2.75, 3.05) is 13.2 Å². The van der Waals surface area contributed by atoms with E-state index < -0.39 is 0 Å². The van der Waals surface area contributed by atoms with Gasteiger partial charge in [-0.15, -0.1) is 0 Å². The molecule has 1 atom stereocenters. The highest BCUT2D eigenvalue weighted by molar-refractivity contribution is 9.10. The van der Waals surface area contributed by atoms with Crippen molar-refractivity contribution in [1.82, 2.24) is 5.32 Å². The van der Waals surface area contributed by atoms with E-state index in [-0.39, 0.29) is 30.6 Å². The van der Waals surface area contributed by atoms with E-state index in [1.807, 2.05) is 12.1 Å². The Morgan fingerprint density at radius 2 is 2.00 bits per heavy atom. The van der Waals surface area contributed by atoms with Crippen molar-refractivity contribution in [3.63, 3.8) is 0 Å². The Kier molecular flexibility index (Phi) is 5.73. The molecule has 1 amide bonds. The summed E-state index contributed by atoms with van der Waals surface area (Å²) in [5.74, 6) is -0.101. The molecule has 1 N–H and O–H groups in total. The molecule has 1 aliphatic rings. The van der Waals surface area contributed by atoms with Gasteiger partial charge in [0.2, 0.25) is 5.91 Å². The van der Waals surface area contributed by atoms with Gasteiger partial charge in [-0.3, -0.25) is 9.59 Å². The fraction of sp³-hybridized carbons (Fsp3) is 0.467. The Balaban J connectivity index is 1.69. The average Bonchev–Trinajstić information content (AvgIpc) is 2.96. The van der Waals surface area contributed by atoms with Gasteiger partial charge in [-0.05, 0) is 25.0 Å². The lowest BCUT2D eigenvalue weighted by Gasteiger charge is -2.10. The average molecular weight is 340 g/mol. The smallest absolute Gasteiger partial charge is 0.220 e. The van der Waals surface area contributed by atoms with Gasteiger partial charge in [-0.25, -0.2) is 0 Å². The van der Waals surface area contributed by atoms with Crippen molar-refractivity contribution >= 4 is 27.6 Å². The summed E-state index contributed by atoms with van der Waals surface area (Å²) in [6.07, 6.45) is 2.66. The maximum atomic E-state index is 11.9. The van der Waals surface area contributed by atoms with Crippen molar-refractivity contribution in [1.29, 1.82) is 0 Å². The molecule has 2 rings (SSSR count). The van der Waals surface area contributed by atoms with E-state index in [0.717, 1.165) is 23.9 Å². The zero-order chi connectivity index (χ0) is 14.4. The summed E-state index contributed by atoms with van der Waals surface area (Å²) in [4.78, 5) is 23.6. The number of ketones is 1. The standard InChI is InChI=1S/C15H18BrNO3/c16-12-5-3-11(4-6-12)14(18)7-8-15(19)17-10-13-2-1-9-20-13/h3-6,13H,1-2,7-10H2,(H,17,19). The van der Waals surface area contributed by atoms with Crippen molar-refractivity contribution in [2.45, 2.75) is 31.8 Å². The molecule has 0 spiro atoms. The van der Waals surface area contributed by atoms with Crippen LogP contribution in [0.2, 0.25) is 0 Å². The van der Waals surface area contributed by atoms with E-state index in [1.165, 1.54) is 0 Å². The molecular formula is C15H18BrNO3. The predicted molar refractivity (Wildman–Crippen MR) is 79.7 cm³/mol. The summed E-state index contributed by atoms with van der Waals surface area (Å²) in [6.45, 7) is 1.33. The third kappa shape index (κ3) is 4.72. The van der Waals surface area contributed by atoms with E-state index in [9.17, 15) is 9.59 Å². The van der Waals surface area contributed by atoms with Crippen LogP contribution in [0.15, 0.2) is 28.7 Å². The first-order valence-electron chi connectivity index (χ1n) is 6.82. The fourth-order valence-corrected chi connectivity index (χ4v) is 2.39. The number of hydrogen-bond acceptors (Lipinski definition) is 3. The number of amides is 1. The van der Waals surface area contributed by atoms with Crippen LogP contribution in [0.4, 0.5) is 0 Å². The van der Waals surface area contributed by atoms with Gasteiger partial charge in [0.05, 0.1) is 6.10 Å². The molecular weight excluding hydrogens is 322 g/mol. The largest absolute Gasteiger partial charge is 0.376 e. The zero-order valence-corrected chi connectivity index (χ0v) is 12.8. The van der Waals surface area contributed by atoms with E-state index in [2.05, 4.69) is 21.2 Å². The predicted octanol–water partition coefficient (Wildman–Crippen LogP) is 2.71. The molecule has 0 aromatic heterocycles. The highest BCUT2D eigenvalue weighted by atomic mass is 79.9. The lowest BCUT2D eigenvalue weighted by Crippen LogP contribution is -2.31. The third-order valence-corrected chi connectivity index (χ3v) is 3.82. The number of nitrogens with one attached hydrogen (secondary N) is 1. The zero-order valence-electron chi connectivity index (χ0n) is 11.2. The Labute approximate surface area is 127 Å². The Bertz CT molecular complexity index is 467. The molecule has 0 saturated carbocycles. The highest BCUT2D eigenvalue weighted by Gasteiger charge is 2.16. The number of rotatable bonds is 6. The molecule has 1 aromatic rings. The normalized spacial score (nSPS) is 17.9. The summed E-state index contributed by atoms with van der Waals surface area (Å²) >= 11 is 3.32. The fourth-order valence-electron chi connectivity index (χ4n) is 2.13. The van der Waals surface area contributed by atoms with Crippen LogP contribution >= 0.6 is 15.9 Å². The number of carbonyl (C=O) groups excluding carboxylic acids is 2. The molecule has 108 valence electrons. The molecule has 0 aliphatic carbocycles. The van der Waals surface area contributed by atoms with Gasteiger partial charge in [-0.2, -0.15) is 0 Å². The Hall–Kier alpha value is -1.20. The van der Waals surface area contributed by atoms with Gasteiger partial charge < -0.3 is 10.1 Å². The number of Topliss-reactive ketones (excluding diaryl/α,β-unsaturated/α-hetero) is 1. The van der Waals surface area contributed by atoms with Crippen LogP contribution < -0.4 is 5.32 Å². The van der Waals surface area contributed by atoms with Crippen LogP contribution in [-0.4, -0.2) is 30.9 Å². The molecule has 20 heavy (non-hydrogen) atoms. The van der Waals surface area contributed by atoms with Crippen LogP contribution in [0.5, 0.6) is 0 Å². The first kappa shape index (κ1) is 15.2. The maximum absolute atomic E-state index is 11.9. The minimum atomic E-state index is -0.0917. The number of ether oxygens (including phenoxy) is 1. The van der Waals surface area contributed by atoms with E-state index in [4.69, 9.17) is 4.74 Å². The minimum Gasteiger partial charge on any atom is -0.376 e. The van der Waals surface area contributed by atoms with Crippen molar-refractivity contribution in [2.24, 2.45) is 0 Å². The summed E-state index contributed by atoms with van der Waals surface area (Å²) in [6, 6.07) is 7.17. The molecule has 1 heterocycles. The van der Waals surface area contributed by atoms with Gasteiger partial charge in [0.25, 0.3) is 0 Å². The minimum absolute atomic E-state index is 0.00948. The highest BCUT2D eigenvalue weighted by Crippen LogP contribution is 2.13. The van der Waals surface area contributed by atoms with Crippen LogP contribution in [0.3, 0.4) is 0 Å². The van der Waals surface area contributed by atoms with Gasteiger partial charge >= 0.3 is 0 Å². The Morgan fingerprint density at radius 1 is 1.25 bits per heavy atom. The number of benzene rings is 1. The lowest BCUT2D eigenvalue weighted by atomic mass is 10.1. The van der Waals surface area contributed by atoms with Gasteiger partial charge in [-0.1, -0.05) is 28.1 Å². The van der Waals surface area contributed by atoms with E-state index in [1.54, 1.807) is 12.1 Å². The van der Waals surface area contributed by atoms with E-state index in [0.29, 0.717) is 12.1 Å². The molecule has 1 saturated heterocycles. The van der Waals surface area contributed by atoms with Crippen LogP contribution in [0.25, 0.3) is 0 Å². The molecule has 1 fully saturated rings. The SMILES string of the molecule is O=C(CCC(=O)c1ccc(Br)cc1)NCC1CCCO1. The molecule has 1 unspecified atom stereocenters. The van der Waals surface area contributed by atoms with Gasteiger partial charge in [0, 0.05) is 36.0 Å². The summed E-state index contributed by atoms with van der Waals surface area (Å²) < 4.78 is 6.36. The maximum Gasteiger partial charge on any atom is 0.220 e. The van der Waals surface area contributed by atoms with Crippen molar-refractivity contribution in [3.8, 4) is 0 Å². The third-order valence-electron chi connectivity index (χ3n) is 3.30. The van der Waals surface area contributed by atoms with Crippen molar-refractivity contribution < 1.29 is 14.3 Å². The van der Waals surface area contributed by atoms with Crippen LogP contribution in [-0.2, 0) is 9.53 Å².